The molecule has 5 nitrogen and oxygen atoms in total. The highest BCUT2D eigenvalue weighted by molar-refractivity contribution is 7.91. The third-order valence-corrected chi connectivity index (χ3v) is 6.02. The molecular weight excluding hydrogens is 268 g/mol. The fourth-order valence-corrected chi connectivity index (χ4v) is 5.04. The van der Waals surface area contributed by atoms with Crippen LogP contribution in [0.25, 0.3) is 0 Å². The van der Waals surface area contributed by atoms with Crippen molar-refractivity contribution < 1.29 is 23.1 Å². The van der Waals surface area contributed by atoms with E-state index in [0.29, 0.717) is 12.8 Å². The van der Waals surface area contributed by atoms with Gasteiger partial charge in [-0.15, -0.1) is 0 Å². The molecule has 2 rings (SSSR count). The van der Waals surface area contributed by atoms with Gasteiger partial charge in [0.15, 0.2) is 9.84 Å². The molecule has 2 fully saturated rings. The molecule has 0 aliphatic carbocycles. The second-order valence-electron chi connectivity index (χ2n) is 6.38. The molecule has 0 radical (unpaired) electrons. The molecule has 2 aliphatic rings. The summed E-state index contributed by atoms with van der Waals surface area (Å²) in [6.45, 7) is 4.01. The van der Waals surface area contributed by atoms with Crippen molar-refractivity contribution in [3.05, 3.63) is 0 Å². The van der Waals surface area contributed by atoms with Crippen molar-refractivity contribution in [2.24, 2.45) is 11.8 Å². The lowest BCUT2D eigenvalue weighted by atomic mass is 9.86. The van der Waals surface area contributed by atoms with E-state index in [2.05, 4.69) is 0 Å². The standard InChI is InChI=1S/C13H22O5S/c1-13(2)5-3-10(18-13)7-11(12(14)15)9-4-6-19(16,17)8-9/h9-11H,3-8H2,1-2H3,(H,14,15). The number of hydrogen-bond acceptors (Lipinski definition) is 4. The Kier molecular flexibility index (Phi) is 3.93. The van der Waals surface area contributed by atoms with Gasteiger partial charge < -0.3 is 9.84 Å². The number of carbonyl (C=O) groups is 1. The Bertz CT molecular complexity index is 454. The topological polar surface area (TPSA) is 80.7 Å². The first-order valence-electron chi connectivity index (χ1n) is 6.80. The maximum atomic E-state index is 11.5. The summed E-state index contributed by atoms with van der Waals surface area (Å²) in [6, 6.07) is 0. The van der Waals surface area contributed by atoms with Gasteiger partial charge in [-0.25, -0.2) is 8.42 Å². The second kappa shape index (κ2) is 5.05. The van der Waals surface area contributed by atoms with Crippen LogP contribution < -0.4 is 0 Å². The van der Waals surface area contributed by atoms with Gasteiger partial charge in [0, 0.05) is 0 Å². The van der Waals surface area contributed by atoms with Gasteiger partial charge in [-0.2, -0.15) is 0 Å². The Morgan fingerprint density at radius 1 is 1.42 bits per heavy atom. The molecule has 6 heteroatoms. The Hall–Kier alpha value is -0.620. The normalized spacial score (nSPS) is 34.2. The van der Waals surface area contributed by atoms with E-state index in [1.165, 1.54) is 0 Å². The summed E-state index contributed by atoms with van der Waals surface area (Å²) in [4.78, 5) is 11.4. The third-order valence-electron chi connectivity index (χ3n) is 4.22. The van der Waals surface area contributed by atoms with Gasteiger partial charge in [-0.05, 0) is 45.4 Å². The van der Waals surface area contributed by atoms with Crippen LogP contribution in [0.4, 0.5) is 0 Å². The molecule has 0 spiro atoms. The van der Waals surface area contributed by atoms with Crippen LogP contribution in [-0.4, -0.2) is 42.7 Å². The Balaban J connectivity index is 2.00. The van der Waals surface area contributed by atoms with Gasteiger partial charge in [0.2, 0.25) is 0 Å². The first-order chi connectivity index (χ1) is 8.69. The lowest BCUT2D eigenvalue weighted by Crippen LogP contribution is -2.30. The van der Waals surface area contributed by atoms with E-state index in [4.69, 9.17) is 4.74 Å². The largest absolute Gasteiger partial charge is 0.481 e. The van der Waals surface area contributed by atoms with Crippen molar-refractivity contribution in [3.8, 4) is 0 Å². The zero-order valence-corrected chi connectivity index (χ0v) is 12.3. The molecule has 110 valence electrons. The van der Waals surface area contributed by atoms with Crippen LogP contribution in [0, 0.1) is 11.8 Å². The van der Waals surface area contributed by atoms with Crippen molar-refractivity contribution in [1.29, 1.82) is 0 Å². The number of sulfone groups is 1. The number of aliphatic carboxylic acids is 1. The van der Waals surface area contributed by atoms with Gasteiger partial charge in [0.05, 0.1) is 29.1 Å². The average Bonchev–Trinajstić information content (AvgIpc) is 2.77. The van der Waals surface area contributed by atoms with E-state index in [1.807, 2.05) is 13.8 Å². The van der Waals surface area contributed by atoms with Crippen LogP contribution in [0.2, 0.25) is 0 Å². The van der Waals surface area contributed by atoms with Crippen LogP contribution in [0.5, 0.6) is 0 Å². The molecule has 0 aromatic rings. The lowest BCUT2D eigenvalue weighted by Gasteiger charge is -2.24. The van der Waals surface area contributed by atoms with Crippen molar-refractivity contribution >= 4 is 15.8 Å². The molecule has 3 atom stereocenters. The maximum absolute atomic E-state index is 11.5. The summed E-state index contributed by atoms with van der Waals surface area (Å²) < 4.78 is 28.8. The highest BCUT2D eigenvalue weighted by Gasteiger charge is 2.41. The summed E-state index contributed by atoms with van der Waals surface area (Å²) >= 11 is 0. The van der Waals surface area contributed by atoms with E-state index in [-0.39, 0.29) is 29.1 Å². The maximum Gasteiger partial charge on any atom is 0.306 e. The monoisotopic (exact) mass is 290 g/mol. The Morgan fingerprint density at radius 3 is 2.53 bits per heavy atom. The van der Waals surface area contributed by atoms with Gasteiger partial charge in [0.1, 0.15) is 0 Å². The number of ether oxygens (including phenoxy) is 1. The fourth-order valence-electron chi connectivity index (χ4n) is 3.16. The molecule has 2 aliphatic heterocycles. The summed E-state index contributed by atoms with van der Waals surface area (Å²) in [5.41, 5.74) is -0.185. The minimum Gasteiger partial charge on any atom is -0.481 e. The molecule has 0 aromatic heterocycles. The van der Waals surface area contributed by atoms with E-state index in [1.54, 1.807) is 0 Å². The van der Waals surface area contributed by atoms with Crippen LogP contribution in [0.3, 0.4) is 0 Å². The summed E-state index contributed by atoms with van der Waals surface area (Å²) in [5, 5.41) is 9.34. The summed E-state index contributed by atoms with van der Waals surface area (Å²) in [6.07, 6.45) is 2.62. The molecule has 0 amide bonds. The SMILES string of the molecule is CC1(C)CCC(CC(C(=O)O)C2CCS(=O)(=O)C2)O1. The minimum atomic E-state index is -3.03. The van der Waals surface area contributed by atoms with Gasteiger partial charge in [0.25, 0.3) is 0 Å². The molecule has 1 N–H and O–H groups in total. The second-order valence-corrected chi connectivity index (χ2v) is 8.61. The van der Waals surface area contributed by atoms with Gasteiger partial charge in [-0.1, -0.05) is 0 Å². The smallest absolute Gasteiger partial charge is 0.306 e. The summed E-state index contributed by atoms with van der Waals surface area (Å²) in [5.74, 6) is -1.61. The zero-order valence-electron chi connectivity index (χ0n) is 11.5. The van der Waals surface area contributed by atoms with Gasteiger partial charge in [-0.3, -0.25) is 4.79 Å². The summed E-state index contributed by atoms with van der Waals surface area (Å²) in [7, 11) is -3.03. The zero-order chi connectivity index (χ0) is 14.3. The molecule has 19 heavy (non-hydrogen) atoms. The highest BCUT2D eigenvalue weighted by Crippen LogP contribution is 2.36. The molecule has 2 saturated heterocycles. The van der Waals surface area contributed by atoms with Gasteiger partial charge >= 0.3 is 5.97 Å². The third kappa shape index (κ3) is 3.69. The lowest BCUT2D eigenvalue weighted by molar-refractivity contribution is -0.145. The molecule has 2 heterocycles. The molecule has 0 saturated carbocycles. The van der Waals surface area contributed by atoms with Crippen molar-refractivity contribution in [3.63, 3.8) is 0 Å². The Morgan fingerprint density at radius 2 is 2.11 bits per heavy atom. The first kappa shape index (κ1) is 14.8. The molecule has 3 unspecified atom stereocenters. The minimum absolute atomic E-state index is 0.0140. The Labute approximate surface area is 114 Å². The number of hydrogen-bond donors (Lipinski definition) is 1. The van der Waals surface area contributed by atoms with Crippen LogP contribution in [0.1, 0.15) is 39.5 Å². The fraction of sp³-hybridized carbons (Fsp3) is 0.923. The molecule has 0 aromatic carbocycles. The quantitative estimate of drug-likeness (QED) is 0.848. The highest BCUT2D eigenvalue weighted by atomic mass is 32.2. The van der Waals surface area contributed by atoms with Crippen molar-refractivity contribution in [2.45, 2.75) is 51.2 Å². The van der Waals surface area contributed by atoms with E-state index in [0.717, 1.165) is 12.8 Å². The predicted octanol–water partition coefficient (Wildman–Crippen LogP) is 1.47. The molecule has 0 bridgehead atoms. The predicted molar refractivity (Wildman–Crippen MR) is 70.7 cm³/mol. The molecular formula is C13H22O5S. The number of carboxylic acids is 1. The van der Waals surface area contributed by atoms with E-state index < -0.39 is 21.7 Å². The average molecular weight is 290 g/mol. The van der Waals surface area contributed by atoms with Crippen LogP contribution in [0.15, 0.2) is 0 Å². The van der Waals surface area contributed by atoms with E-state index in [9.17, 15) is 18.3 Å². The van der Waals surface area contributed by atoms with Crippen LogP contribution >= 0.6 is 0 Å². The van der Waals surface area contributed by atoms with E-state index >= 15 is 0 Å². The first-order valence-corrected chi connectivity index (χ1v) is 8.62. The number of carboxylic acid groups (broad SMARTS) is 1. The van der Waals surface area contributed by atoms with Crippen molar-refractivity contribution in [1.82, 2.24) is 0 Å². The van der Waals surface area contributed by atoms with Crippen LogP contribution in [-0.2, 0) is 19.4 Å². The van der Waals surface area contributed by atoms with Crippen molar-refractivity contribution in [2.75, 3.05) is 11.5 Å². The number of rotatable bonds is 4.